The summed E-state index contributed by atoms with van der Waals surface area (Å²) in [7, 11) is -3.54. The van der Waals surface area contributed by atoms with Crippen molar-refractivity contribution in [3.63, 3.8) is 0 Å². The molecule has 2 fully saturated rings. The summed E-state index contributed by atoms with van der Waals surface area (Å²) in [5.74, 6) is -0.257. The molecule has 2 aliphatic heterocycles. The minimum atomic E-state index is -3.54. The van der Waals surface area contributed by atoms with E-state index < -0.39 is 10.0 Å². The van der Waals surface area contributed by atoms with Gasteiger partial charge >= 0.3 is 6.03 Å². The van der Waals surface area contributed by atoms with E-state index in [9.17, 15) is 18.0 Å². The van der Waals surface area contributed by atoms with Crippen LogP contribution in [-0.2, 0) is 14.8 Å². The summed E-state index contributed by atoms with van der Waals surface area (Å²) < 4.78 is 26.8. The minimum Gasteiger partial charge on any atom is -0.312 e. The second-order valence-electron chi connectivity index (χ2n) is 7.86. The van der Waals surface area contributed by atoms with E-state index in [-0.39, 0.29) is 24.5 Å². The molecule has 0 aromatic heterocycles. The van der Waals surface area contributed by atoms with Gasteiger partial charge in [0.2, 0.25) is 10.0 Å². The Morgan fingerprint density at radius 3 is 2.23 bits per heavy atom. The van der Waals surface area contributed by atoms with Gasteiger partial charge in [0.05, 0.1) is 5.69 Å². The number of anilines is 1. The minimum absolute atomic E-state index is 0.0263. The number of carbonyl (C=O) groups is 2. The molecule has 4 rings (SSSR count). The molecule has 2 heterocycles. The molecule has 0 saturated carbocycles. The van der Waals surface area contributed by atoms with Crippen LogP contribution in [0.25, 0.3) is 6.08 Å². The van der Waals surface area contributed by atoms with E-state index in [1.807, 2.05) is 37.3 Å². The quantitative estimate of drug-likeness (QED) is 0.670. The molecule has 0 N–H and O–H groups in total. The van der Waals surface area contributed by atoms with E-state index in [1.165, 1.54) is 14.6 Å². The van der Waals surface area contributed by atoms with Gasteiger partial charge in [0.25, 0.3) is 5.91 Å². The van der Waals surface area contributed by atoms with Crippen LogP contribution in [0.4, 0.5) is 10.5 Å². The predicted molar refractivity (Wildman–Crippen MR) is 120 cm³/mol. The van der Waals surface area contributed by atoms with Crippen LogP contribution >= 0.6 is 0 Å². The van der Waals surface area contributed by atoms with Gasteiger partial charge in [-0.2, -0.15) is 4.31 Å². The number of imide groups is 1. The summed E-state index contributed by atoms with van der Waals surface area (Å²) in [5.41, 5.74) is 2.50. The number of para-hydroxylation sites is 1. The Bertz CT molecular complexity index is 1090. The van der Waals surface area contributed by atoms with Crippen molar-refractivity contribution in [2.75, 3.05) is 24.5 Å². The second-order valence-corrected chi connectivity index (χ2v) is 9.68. The predicted octanol–water partition coefficient (Wildman–Crippen LogP) is 3.23. The van der Waals surface area contributed by atoms with E-state index in [4.69, 9.17) is 0 Å². The maximum atomic E-state index is 12.9. The Labute approximate surface area is 182 Å². The van der Waals surface area contributed by atoms with E-state index in [0.717, 1.165) is 11.1 Å². The van der Waals surface area contributed by atoms with E-state index in [2.05, 4.69) is 0 Å². The molecule has 0 unspecified atom stereocenters. The molecule has 0 atom stereocenters. The van der Waals surface area contributed by atoms with Crippen LogP contribution in [0.3, 0.4) is 0 Å². The lowest BCUT2D eigenvalue weighted by Crippen LogP contribution is -2.47. The van der Waals surface area contributed by atoms with Gasteiger partial charge in [0.1, 0.15) is 6.54 Å². The zero-order chi connectivity index (χ0) is 22.0. The van der Waals surface area contributed by atoms with Crippen molar-refractivity contribution in [1.82, 2.24) is 9.21 Å². The Balaban J connectivity index is 1.39. The Hall–Kier alpha value is -2.97. The Morgan fingerprint density at radius 2 is 1.58 bits per heavy atom. The molecule has 2 aliphatic rings. The van der Waals surface area contributed by atoms with Crippen molar-refractivity contribution >= 4 is 33.7 Å². The number of aryl methyl sites for hydroxylation is 1. The first-order chi connectivity index (χ1) is 14.8. The van der Waals surface area contributed by atoms with Gasteiger partial charge < -0.3 is 4.90 Å². The van der Waals surface area contributed by atoms with Crippen molar-refractivity contribution in [2.24, 2.45) is 0 Å². The molecule has 2 saturated heterocycles. The summed E-state index contributed by atoms with van der Waals surface area (Å²) in [6, 6.07) is 16.0. The van der Waals surface area contributed by atoms with E-state index >= 15 is 0 Å². The first-order valence-corrected chi connectivity index (χ1v) is 11.8. The SMILES string of the molecule is Cc1ccc(C=CS(=O)(=O)N2CCC(N3CC(=O)N(c4ccccc4)C3=O)CC2)cc1. The van der Waals surface area contributed by atoms with Crippen LogP contribution in [0.5, 0.6) is 0 Å². The largest absolute Gasteiger partial charge is 0.332 e. The molecular formula is C23H25N3O4S. The maximum Gasteiger partial charge on any atom is 0.332 e. The van der Waals surface area contributed by atoms with Crippen molar-refractivity contribution in [1.29, 1.82) is 0 Å². The number of carbonyl (C=O) groups excluding carboxylic acids is 2. The van der Waals surface area contributed by atoms with Crippen molar-refractivity contribution in [2.45, 2.75) is 25.8 Å². The molecule has 2 aromatic carbocycles. The number of hydrogen-bond acceptors (Lipinski definition) is 4. The van der Waals surface area contributed by atoms with Gasteiger partial charge in [-0.1, -0.05) is 48.0 Å². The number of rotatable bonds is 5. The summed E-state index contributed by atoms with van der Waals surface area (Å²) >= 11 is 0. The number of benzene rings is 2. The number of sulfonamides is 1. The number of hydrogen-bond donors (Lipinski definition) is 0. The van der Waals surface area contributed by atoms with Gasteiger partial charge in [-0.05, 0) is 43.5 Å². The number of nitrogens with zero attached hydrogens (tertiary/aromatic N) is 3. The maximum absolute atomic E-state index is 12.9. The highest BCUT2D eigenvalue weighted by Gasteiger charge is 2.42. The fourth-order valence-corrected chi connectivity index (χ4v) is 5.19. The molecule has 8 heteroatoms. The van der Waals surface area contributed by atoms with Gasteiger partial charge in [-0.15, -0.1) is 0 Å². The first-order valence-electron chi connectivity index (χ1n) is 10.3. The summed E-state index contributed by atoms with van der Waals surface area (Å²) in [6.07, 6.45) is 2.60. The van der Waals surface area contributed by atoms with Crippen LogP contribution in [0.15, 0.2) is 60.0 Å². The topological polar surface area (TPSA) is 78.0 Å². The van der Waals surface area contributed by atoms with Gasteiger partial charge in [-0.25, -0.2) is 18.1 Å². The Morgan fingerprint density at radius 1 is 0.935 bits per heavy atom. The van der Waals surface area contributed by atoms with Gasteiger partial charge in [-0.3, -0.25) is 4.79 Å². The second kappa shape index (κ2) is 8.64. The summed E-state index contributed by atoms with van der Waals surface area (Å²) in [4.78, 5) is 28.1. The lowest BCUT2D eigenvalue weighted by molar-refractivity contribution is -0.116. The molecule has 31 heavy (non-hydrogen) atoms. The van der Waals surface area contributed by atoms with E-state index in [0.29, 0.717) is 31.6 Å². The highest BCUT2D eigenvalue weighted by molar-refractivity contribution is 7.92. The van der Waals surface area contributed by atoms with Crippen LogP contribution in [0.1, 0.15) is 24.0 Å². The molecule has 0 spiro atoms. The lowest BCUT2D eigenvalue weighted by Gasteiger charge is -2.34. The molecule has 7 nitrogen and oxygen atoms in total. The number of urea groups is 1. The molecular weight excluding hydrogens is 414 g/mol. The van der Waals surface area contributed by atoms with Crippen LogP contribution < -0.4 is 4.90 Å². The molecule has 0 aliphatic carbocycles. The third kappa shape index (κ3) is 4.55. The zero-order valence-electron chi connectivity index (χ0n) is 17.3. The van der Waals surface area contributed by atoms with Gasteiger partial charge in [0, 0.05) is 24.5 Å². The molecule has 0 bridgehead atoms. The fraction of sp³-hybridized carbons (Fsp3) is 0.304. The number of piperidine rings is 1. The monoisotopic (exact) mass is 439 g/mol. The summed E-state index contributed by atoms with van der Waals surface area (Å²) in [6.45, 7) is 2.63. The molecule has 162 valence electrons. The van der Waals surface area contributed by atoms with Crippen molar-refractivity contribution in [3.05, 3.63) is 71.1 Å². The third-order valence-electron chi connectivity index (χ3n) is 5.74. The smallest absolute Gasteiger partial charge is 0.312 e. The van der Waals surface area contributed by atoms with Crippen LogP contribution in [0, 0.1) is 6.92 Å². The van der Waals surface area contributed by atoms with Crippen LogP contribution in [0.2, 0.25) is 0 Å². The first kappa shape index (κ1) is 21.3. The standard InChI is InChI=1S/C23H25N3O4S/c1-18-7-9-19(10-8-18)13-16-31(29,30)24-14-11-20(12-15-24)25-17-22(27)26(23(25)28)21-5-3-2-4-6-21/h2-10,13,16,20H,11-12,14-15,17H2,1H3. The molecule has 0 radical (unpaired) electrons. The van der Waals surface area contributed by atoms with Gasteiger partial charge in [0.15, 0.2) is 0 Å². The van der Waals surface area contributed by atoms with Crippen LogP contribution in [-0.4, -0.2) is 55.2 Å². The highest BCUT2D eigenvalue weighted by Crippen LogP contribution is 2.27. The highest BCUT2D eigenvalue weighted by atomic mass is 32.2. The molecule has 3 amide bonds. The normalized spacial score (nSPS) is 19.0. The summed E-state index contributed by atoms with van der Waals surface area (Å²) in [5, 5.41) is 1.24. The van der Waals surface area contributed by atoms with E-state index in [1.54, 1.807) is 35.2 Å². The zero-order valence-corrected chi connectivity index (χ0v) is 18.2. The Kier molecular flexibility index (Phi) is 5.93. The van der Waals surface area contributed by atoms with Crippen molar-refractivity contribution < 1.29 is 18.0 Å². The van der Waals surface area contributed by atoms with Crippen molar-refractivity contribution in [3.8, 4) is 0 Å². The third-order valence-corrected chi connectivity index (χ3v) is 7.31. The molecule has 2 aromatic rings. The number of amides is 3. The lowest BCUT2D eigenvalue weighted by atomic mass is 10.1. The average Bonchev–Trinajstić information content (AvgIpc) is 3.08. The fourth-order valence-electron chi connectivity index (χ4n) is 3.97. The average molecular weight is 440 g/mol.